The molecule has 1 N–H and O–H groups in total. The number of rotatable bonds is 3. The largest absolute Gasteiger partial charge is 0.464 e. The first-order valence-electron chi connectivity index (χ1n) is 5.94. The van der Waals surface area contributed by atoms with Gasteiger partial charge in [-0.2, -0.15) is 0 Å². The van der Waals surface area contributed by atoms with Gasteiger partial charge in [0.15, 0.2) is 0 Å². The van der Waals surface area contributed by atoms with Crippen molar-refractivity contribution in [1.82, 2.24) is 10.3 Å². The molecule has 18 heavy (non-hydrogen) atoms. The van der Waals surface area contributed by atoms with Gasteiger partial charge >= 0.3 is 5.97 Å². The lowest BCUT2D eigenvalue weighted by atomic mass is 9.76. The predicted molar refractivity (Wildman–Crippen MR) is 64.8 cm³/mol. The molecule has 5 heteroatoms. The highest BCUT2D eigenvalue weighted by Gasteiger charge is 2.49. The van der Waals surface area contributed by atoms with Gasteiger partial charge in [0.25, 0.3) is 0 Å². The molecule has 1 saturated heterocycles. The summed E-state index contributed by atoms with van der Waals surface area (Å²) in [5.74, 6) is -0.518. The molecule has 0 aromatic carbocycles. The summed E-state index contributed by atoms with van der Waals surface area (Å²) in [6.07, 6.45) is 3.59. The van der Waals surface area contributed by atoms with Crippen molar-refractivity contribution in [2.45, 2.75) is 31.7 Å². The fraction of sp³-hybridized carbons (Fsp3) is 0.462. The molecule has 1 amide bonds. The van der Waals surface area contributed by atoms with Gasteiger partial charge in [-0.1, -0.05) is 6.92 Å². The SMILES string of the molecule is CCOC(=O)C1NC(=O)CC1(C)c1ccncc1. The summed E-state index contributed by atoms with van der Waals surface area (Å²) in [6.45, 7) is 3.94. The molecule has 96 valence electrons. The van der Waals surface area contributed by atoms with E-state index in [0.29, 0.717) is 6.61 Å². The predicted octanol–water partition coefficient (Wildman–Crippen LogP) is 0.791. The van der Waals surface area contributed by atoms with Crippen LogP contribution in [0.1, 0.15) is 25.8 Å². The number of carbonyl (C=O) groups excluding carboxylic acids is 2. The summed E-state index contributed by atoms with van der Waals surface area (Å²) in [6, 6.07) is 3.02. The second kappa shape index (κ2) is 4.76. The Balaban J connectivity index is 2.34. The van der Waals surface area contributed by atoms with E-state index in [-0.39, 0.29) is 18.3 Å². The Morgan fingerprint density at radius 2 is 2.22 bits per heavy atom. The zero-order chi connectivity index (χ0) is 13.2. The van der Waals surface area contributed by atoms with E-state index in [2.05, 4.69) is 10.3 Å². The number of nitrogens with zero attached hydrogens (tertiary/aromatic N) is 1. The van der Waals surface area contributed by atoms with Crippen LogP contribution >= 0.6 is 0 Å². The lowest BCUT2D eigenvalue weighted by Gasteiger charge is -2.28. The van der Waals surface area contributed by atoms with Crippen molar-refractivity contribution in [3.05, 3.63) is 30.1 Å². The summed E-state index contributed by atoms with van der Waals surface area (Å²) in [4.78, 5) is 27.5. The Morgan fingerprint density at radius 3 is 2.83 bits per heavy atom. The number of carbonyl (C=O) groups is 2. The molecule has 1 aliphatic heterocycles. The Hall–Kier alpha value is -1.91. The minimum absolute atomic E-state index is 0.132. The van der Waals surface area contributed by atoms with Crippen molar-refractivity contribution in [3.63, 3.8) is 0 Å². The zero-order valence-electron chi connectivity index (χ0n) is 10.5. The van der Waals surface area contributed by atoms with Gasteiger partial charge in [-0.15, -0.1) is 0 Å². The van der Waals surface area contributed by atoms with Gasteiger partial charge in [0, 0.05) is 24.2 Å². The van der Waals surface area contributed by atoms with Gasteiger partial charge in [0.2, 0.25) is 5.91 Å². The minimum atomic E-state index is -0.632. The fourth-order valence-corrected chi connectivity index (χ4v) is 2.35. The highest BCUT2D eigenvalue weighted by molar-refractivity contribution is 5.91. The highest BCUT2D eigenvalue weighted by atomic mass is 16.5. The quantitative estimate of drug-likeness (QED) is 0.803. The molecule has 1 fully saturated rings. The third-order valence-corrected chi connectivity index (χ3v) is 3.33. The Labute approximate surface area is 106 Å². The number of nitrogens with one attached hydrogen (secondary N) is 1. The first kappa shape index (κ1) is 12.5. The van der Waals surface area contributed by atoms with Crippen LogP contribution in [-0.4, -0.2) is 29.5 Å². The van der Waals surface area contributed by atoms with Crippen LogP contribution in [0, 0.1) is 0 Å². The number of esters is 1. The second-order valence-electron chi connectivity index (χ2n) is 4.58. The average Bonchev–Trinajstić information content (AvgIpc) is 2.68. The van der Waals surface area contributed by atoms with Crippen LogP contribution in [0.15, 0.2) is 24.5 Å². The van der Waals surface area contributed by atoms with E-state index in [4.69, 9.17) is 4.74 Å². The molecular formula is C13H16N2O3. The van der Waals surface area contributed by atoms with E-state index in [9.17, 15) is 9.59 Å². The van der Waals surface area contributed by atoms with E-state index in [1.54, 1.807) is 19.3 Å². The molecule has 0 bridgehead atoms. The molecule has 1 aliphatic rings. The third-order valence-electron chi connectivity index (χ3n) is 3.33. The summed E-state index contributed by atoms with van der Waals surface area (Å²) >= 11 is 0. The average molecular weight is 248 g/mol. The molecule has 2 unspecified atom stereocenters. The monoisotopic (exact) mass is 248 g/mol. The van der Waals surface area contributed by atoms with Crippen molar-refractivity contribution in [2.24, 2.45) is 0 Å². The maximum absolute atomic E-state index is 11.9. The van der Waals surface area contributed by atoms with Crippen molar-refractivity contribution in [3.8, 4) is 0 Å². The molecule has 1 aromatic heterocycles. The Morgan fingerprint density at radius 1 is 1.56 bits per heavy atom. The lowest BCUT2D eigenvalue weighted by molar-refractivity contribution is -0.147. The molecule has 0 aliphatic carbocycles. The van der Waals surface area contributed by atoms with Crippen LogP contribution in [0.5, 0.6) is 0 Å². The van der Waals surface area contributed by atoms with Crippen LogP contribution in [-0.2, 0) is 19.7 Å². The van der Waals surface area contributed by atoms with Crippen LogP contribution < -0.4 is 5.32 Å². The first-order valence-corrected chi connectivity index (χ1v) is 5.94. The van der Waals surface area contributed by atoms with Crippen LogP contribution in [0.3, 0.4) is 0 Å². The normalized spacial score (nSPS) is 26.8. The number of hydrogen-bond donors (Lipinski definition) is 1. The van der Waals surface area contributed by atoms with Crippen molar-refractivity contribution in [2.75, 3.05) is 6.61 Å². The van der Waals surface area contributed by atoms with Gasteiger partial charge in [-0.3, -0.25) is 9.78 Å². The van der Waals surface area contributed by atoms with Crippen LogP contribution in [0.4, 0.5) is 0 Å². The van der Waals surface area contributed by atoms with Crippen molar-refractivity contribution >= 4 is 11.9 Å². The van der Waals surface area contributed by atoms with Gasteiger partial charge in [-0.25, -0.2) is 4.79 Å². The third kappa shape index (κ3) is 2.08. The first-order chi connectivity index (χ1) is 8.58. The lowest BCUT2D eigenvalue weighted by Crippen LogP contribution is -2.45. The molecule has 2 atom stereocenters. The molecular weight excluding hydrogens is 232 g/mol. The number of pyridine rings is 1. The highest BCUT2D eigenvalue weighted by Crippen LogP contribution is 2.35. The van der Waals surface area contributed by atoms with Gasteiger partial charge in [-0.05, 0) is 24.6 Å². The topological polar surface area (TPSA) is 68.3 Å². The summed E-state index contributed by atoms with van der Waals surface area (Å²) in [7, 11) is 0. The van der Waals surface area contributed by atoms with E-state index in [1.165, 1.54) is 0 Å². The summed E-state index contributed by atoms with van der Waals surface area (Å²) in [5.41, 5.74) is 0.334. The summed E-state index contributed by atoms with van der Waals surface area (Å²) < 4.78 is 5.02. The molecule has 0 radical (unpaired) electrons. The molecule has 5 nitrogen and oxygen atoms in total. The zero-order valence-corrected chi connectivity index (χ0v) is 10.5. The fourth-order valence-electron chi connectivity index (χ4n) is 2.35. The number of amides is 1. The maximum atomic E-state index is 11.9. The number of ether oxygens (including phenoxy) is 1. The van der Waals surface area contributed by atoms with Crippen molar-refractivity contribution in [1.29, 1.82) is 0 Å². The van der Waals surface area contributed by atoms with E-state index >= 15 is 0 Å². The Kier molecular flexibility index (Phi) is 3.32. The second-order valence-corrected chi connectivity index (χ2v) is 4.58. The molecule has 0 spiro atoms. The smallest absolute Gasteiger partial charge is 0.329 e. The van der Waals surface area contributed by atoms with Gasteiger partial charge in [0.1, 0.15) is 6.04 Å². The molecule has 0 saturated carbocycles. The maximum Gasteiger partial charge on any atom is 0.329 e. The van der Waals surface area contributed by atoms with Crippen LogP contribution in [0.25, 0.3) is 0 Å². The van der Waals surface area contributed by atoms with Crippen molar-refractivity contribution < 1.29 is 14.3 Å². The number of aromatic nitrogens is 1. The van der Waals surface area contributed by atoms with E-state index < -0.39 is 11.5 Å². The Bertz CT molecular complexity index is 461. The van der Waals surface area contributed by atoms with Gasteiger partial charge in [0.05, 0.1) is 6.61 Å². The molecule has 1 aromatic rings. The molecule has 2 rings (SSSR count). The van der Waals surface area contributed by atoms with Gasteiger partial charge < -0.3 is 10.1 Å². The minimum Gasteiger partial charge on any atom is -0.464 e. The summed E-state index contributed by atoms with van der Waals surface area (Å²) in [5, 5.41) is 2.69. The molecule has 2 heterocycles. The van der Waals surface area contributed by atoms with E-state index in [1.807, 2.05) is 19.1 Å². The number of hydrogen-bond acceptors (Lipinski definition) is 4. The van der Waals surface area contributed by atoms with E-state index in [0.717, 1.165) is 5.56 Å². The van der Waals surface area contributed by atoms with Crippen LogP contribution in [0.2, 0.25) is 0 Å². The standard InChI is InChI=1S/C13H16N2O3/c1-3-18-12(17)11-13(2,8-10(16)15-11)9-4-6-14-7-5-9/h4-7,11H,3,8H2,1-2H3,(H,15,16).